The van der Waals surface area contributed by atoms with Gasteiger partial charge >= 0.3 is 11.9 Å². The molecule has 0 N–H and O–H groups in total. The number of cyclic esters (lactones) is 2. The summed E-state index contributed by atoms with van der Waals surface area (Å²) in [6.45, 7) is 1.83. The fourth-order valence-electron chi connectivity index (χ4n) is 1.66. The van der Waals surface area contributed by atoms with Gasteiger partial charge in [-0.1, -0.05) is 0 Å². The van der Waals surface area contributed by atoms with E-state index in [1.165, 1.54) is 0 Å². The van der Waals surface area contributed by atoms with Crippen molar-refractivity contribution in [3.05, 3.63) is 0 Å². The lowest BCUT2D eigenvalue weighted by Gasteiger charge is -2.15. The number of carbonyl (C=O) groups is 2. The van der Waals surface area contributed by atoms with Crippen molar-refractivity contribution in [2.24, 2.45) is 11.3 Å². The van der Waals surface area contributed by atoms with Crippen molar-refractivity contribution in [1.29, 1.82) is 0 Å². The van der Waals surface area contributed by atoms with Crippen molar-refractivity contribution in [2.45, 2.75) is 26.2 Å². The van der Waals surface area contributed by atoms with E-state index in [0.29, 0.717) is 5.92 Å². The summed E-state index contributed by atoms with van der Waals surface area (Å²) in [6, 6.07) is 0. The van der Waals surface area contributed by atoms with Crippen LogP contribution in [0.5, 0.6) is 0 Å². The maximum atomic E-state index is 11.1. The van der Waals surface area contributed by atoms with E-state index < -0.39 is 5.41 Å². The van der Waals surface area contributed by atoms with E-state index >= 15 is 0 Å². The minimum Gasteiger partial charge on any atom is -0.393 e. The Bertz CT molecular complexity index is 229. The van der Waals surface area contributed by atoms with Gasteiger partial charge in [-0.2, -0.15) is 0 Å². The number of carbonyl (C=O) groups excluding carboxylic acids is 2. The van der Waals surface area contributed by atoms with Crippen LogP contribution in [0.15, 0.2) is 0 Å². The third-order valence-electron chi connectivity index (χ3n) is 2.66. The van der Waals surface area contributed by atoms with Crippen molar-refractivity contribution in [2.75, 3.05) is 0 Å². The molecule has 2 aliphatic rings. The van der Waals surface area contributed by atoms with E-state index in [1.54, 1.807) is 0 Å². The van der Waals surface area contributed by atoms with Gasteiger partial charge < -0.3 is 4.74 Å². The average Bonchev–Trinajstić information content (AvgIpc) is 2.63. The summed E-state index contributed by atoms with van der Waals surface area (Å²) in [4.78, 5) is 21.9. The lowest BCUT2D eigenvalue weighted by Crippen LogP contribution is -2.24. The highest BCUT2D eigenvalue weighted by molar-refractivity contribution is 5.97. The second-order valence-corrected chi connectivity index (χ2v) is 3.63. The maximum Gasteiger partial charge on any atom is 0.320 e. The summed E-state index contributed by atoms with van der Waals surface area (Å²) >= 11 is 0. The van der Waals surface area contributed by atoms with Gasteiger partial charge in [0.15, 0.2) is 0 Å². The maximum absolute atomic E-state index is 11.1. The highest BCUT2D eigenvalue weighted by Gasteiger charge is 2.54. The molecule has 0 bridgehead atoms. The summed E-state index contributed by atoms with van der Waals surface area (Å²) in [5, 5.41) is 0. The summed E-state index contributed by atoms with van der Waals surface area (Å²) in [5.41, 5.74) is -0.475. The molecule has 1 unspecified atom stereocenters. The Morgan fingerprint density at radius 1 is 1.45 bits per heavy atom. The molecule has 1 aliphatic heterocycles. The minimum atomic E-state index is -0.475. The lowest BCUT2D eigenvalue weighted by atomic mass is 9.83. The first kappa shape index (κ1) is 6.83. The van der Waals surface area contributed by atoms with Gasteiger partial charge in [-0.25, -0.2) is 0 Å². The van der Waals surface area contributed by atoms with Crippen LogP contribution in [-0.4, -0.2) is 11.9 Å². The molecule has 2 rings (SSSR count). The van der Waals surface area contributed by atoms with E-state index in [0.717, 1.165) is 12.8 Å². The van der Waals surface area contributed by atoms with Crippen LogP contribution in [0.4, 0.5) is 0 Å². The second kappa shape index (κ2) is 1.84. The van der Waals surface area contributed by atoms with E-state index in [1.807, 2.05) is 6.92 Å². The molecule has 11 heavy (non-hydrogen) atoms. The number of ether oxygens (including phenoxy) is 1. The van der Waals surface area contributed by atoms with Gasteiger partial charge in [-0.15, -0.1) is 0 Å². The molecule has 1 saturated heterocycles. The van der Waals surface area contributed by atoms with Crippen LogP contribution >= 0.6 is 0 Å². The third kappa shape index (κ3) is 0.870. The van der Waals surface area contributed by atoms with E-state index in [4.69, 9.17) is 0 Å². The normalized spacial score (nSPS) is 37.5. The first-order valence-corrected chi connectivity index (χ1v) is 3.88. The standard InChI is InChI=1S/C8H10O3/c1-8(5-2-3-5)4-6(9)11-7(8)10/h5H,2-4H2,1H3. The van der Waals surface area contributed by atoms with Crippen molar-refractivity contribution < 1.29 is 14.3 Å². The Kier molecular flexibility index (Phi) is 1.14. The van der Waals surface area contributed by atoms with Crippen molar-refractivity contribution >= 4 is 11.9 Å². The van der Waals surface area contributed by atoms with Crippen LogP contribution in [0, 0.1) is 11.3 Å². The van der Waals surface area contributed by atoms with Gasteiger partial charge in [0.2, 0.25) is 0 Å². The van der Waals surface area contributed by atoms with Gasteiger partial charge in [-0.3, -0.25) is 9.59 Å². The molecular formula is C8H10O3. The first-order chi connectivity index (χ1) is 5.13. The second-order valence-electron chi connectivity index (χ2n) is 3.63. The van der Waals surface area contributed by atoms with Crippen LogP contribution in [0.1, 0.15) is 26.2 Å². The molecule has 0 radical (unpaired) electrons. The van der Waals surface area contributed by atoms with Crippen LogP contribution in [-0.2, 0) is 14.3 Å². The summed E-state index contributed by atoms with van der Waals surface area (Å²) in [5.74, 6) is -0.268. The van der Waals surface area contributed by atoms with Crippen molar-refractivity contribution in [3.8, 4) is 0 Å². The summed E-state index contributed by atoms with van der Waals surface area (Å²) in [7, 11) is 0. The molecule has 60 valence electrons. The Balaban J connectivity index is 2.23. The molecule has 3 heteroatoms. The Morgan fingerprint density at radius 2 is 2.09 bits per heavy atom. The van der Waals surface area contributed by atoms with E-state index in [9.17, 15) is 9.59 Å². The fourth-order valence-corrected chi connectivity index (χ4v) is 1.66. The molecule has 3 nitrogen and oxygen atoms in total. The van der Waals surface area contributed by atoms with Crippen molar-refractivity contribution in [1.82, 2.24) is 0 Å². The highest BCUT2D eigenvalue weighted by atomic mass is 16.6. The molecule has 0 aromatic carbocycles. The molecule has 1 aliphatic carbocycles. The highest BCUT2D eigenvalue weighted by Crippen LogP contribution is 2.50. The van der Waals surface area contributed by atoms with Crippen LogP contribution in [0.2, 0.25) is 0 Å². The van der Waals surface area contributed by atoms with Gasteiger partial charge in [0, 0.05) is 0 Å². The largest absolute Gasteiger partial charge is 0.393 e. The van der Waals surface area contributed by atoms with Gasteiger partial charge in [0.25, 0.3) is 0 Å². The minimum absolute atomic E-state index is 0.288. The molecular weight excluding hydrogens is 144 g/mol. The lowest BCUT2D eigenvalue weighted by molar-refractivity contribution is -0.155. The zero-order valence-electron chi connectivity index (χ0n) is 6.42. The van der Waals surface area contributed by atoms with Crippen molar-refractivity contribution in [3.63, 3.8) is 0 Å². The molecule has 0 spiro atoms. The predicted octanol–water partition coefficient (Wildman–Crippen LogP) is 0.876. The SMILES string of the molecule is CC1(C2CC2)CC(=O)OC1=O. The zero-order valence-corrected chi connectivity index (χ0v) is 6.42. The Labute approximate surface area is 64.7 Å². The molecule has 1 atom stereocenters. The quantitative estimate of drug-likeness (QED) is 0.416. The number of rotatable bonds is 1. The third-order valence-corrected chi connectivity index (χ3v) is 2.66. The number of hydrogen-bond donors (Lipinski definition) is 0. The van der Waals surface area contributed by atoms with E-state index in [-0.39, 0.29) is 18.4 Å². The van der Waals surface area contributed by atoms with Crippen LogP contribution in [0.25, 0.3) is 0 Å². The van der Waals surface area contributed by atoms with Gasteiger partial charge in [-0.05, 0) is 25.7 Å². The number of hydrogen-bond acceptors (Lipinski definition) is 3. The molecule has 0 aromatic rings. The number of esters is 2. The average molecular weight is 154 g/mol. The molecule has 0 aromatic heterocycles. The summed E-state index contributed by atoms with van der Waals surface area (Å²) < 4.78 is 4.50. The van der Waals surface area contributed by atoms with Gasteiger partial charge in [0.05, 0.1) is 11.8 Å². The molecule has 0 amide bonds. The fraction of sp³-hybridized carbons (Fsp3) is 0.750. The van der Waals surface area contributed by atoms with Crippen LogP contribution < -0.4 is 0 Å². The van der Waals surface area contributed by atoms with Crippen LogP contribution in [0.3, 0.4) is 0 Å². The monoisotopic (exact) mass is 154 g/mol. The summed E-state index contributed by atoms with van der Waals surface area (Å²) in [6.07, 6.45) is 2.42. The zero-order chi connectivity index (χ0) is 8.06. The first-order valence-electron chi connectivity index (χ1n) is 3.88. The Hall–Kier alpha value is -0.860. The van der Waals surface area contributed by atoms with Gasteiger partial charge in [0.1, 0.15) is 0 Å². The van der Waals surface area contributed by atoms with E-state index in [2.05, 4.69) is 4.74 Å². The molecule has 2 fully saturated rings. The topological polar surface area (TPSA) is 43.4 Å². The smallest absolute Gasteiger partial charge is 0.320 e. The molecule has 1 saturated carbocycles. The Morgan fingerprint density at radius 3 is 2.45 bits per heavy atom. The molecule has 1 heterocycles. The predicted molar refractivity (Wildman–Crippen MR) is 36.5 cm³/mol.